The van der Waals surface area contributed by atoms with E-state index in [1.165, 1.54) is 22.9 Å². The third-order valence-corrected chi connectivity index (χ3v) is 6.69. The molecule has 0 saturated carbocycles. The standard InChI is InChI=1S/C21H14Cl2N4O3S/c22-17-12-11-14(13-18(17)23)24-25-20-19(28)21(26-27(20)15-7-3-1-4-8-15)31(29,30)16-9-5-2-6-10-16/h1-13,28H. The maximum absolute atomic E-state index is 13.1. The first-order chi connectivity index (χ1) is 14.9. The van der Waals surface area contributed by atoms with Gasteiger partial charge in [0, 0.05) is 0 Å². The summed E-state index contributed by atoms with van der Waals surface area (Å²) >= 11 is 11.9. The molecule has 156 valence electrons. The molecule has 0 atom stereocenters. The lowest BCUT2D eigenvalue weighted by Gasteiger charge is -2.03. The smallest absolute Gasteiger partial charge is 0.229 e. The molecule has 4 rings (SSSR count). The zero-order chi connectivity index (χ0) is 22.0. The molecule has 4 aromatic rings. The van der Waals surface area contributed by atoms with E-state index in [9.17, 15) is 13.5 Å². The molecule has 0 fully saturated rings. The molecule has 0 aliphatic rings. The van der Waals surface area contributed by atoms with Crippen LogP contribution in [0.2, 0.25) is 10.0 Å². The van der Waals surface area contributed by atoms with Crippen LogP contribution in [-0.4, -0.2) is 23.3 Å². The molecule has 0 radical (unpaired) electrons. The normalized spacial score (nSPS) is 11.8. The lowest BCUT2D eigenvalue weighted by atomic mass is 10.3. The second-order valence-electron chi connectivity index (χ2n) is 6.34. The summed E-state index contributed by atoms with van der Waals surface area (Å²) in [7, 11) is -4.10. The van der Waals surface area contributed by atoms with E-state index in [0.29, 0.717) is 16.4 Å². The highest BCUT2D eigenvalue weighted by Gasteiger charge is 2.30. The largest absolute Gasteiger partial charge is 0.502 e. The van der Waals surface area contributed by atoms with Crippen LogP contribution in [0, 0.1) is 0 Å². The Morgan fingerprint density at radius 1 is 0.839 bits per heavy atom. The van der Waals surface area contributed by atoms with Crippen molar-refractivity contribution in [3.63, 3.8) is 0 Å². The van der Waals surface area contributed by atoms with Crippen LogP contribution in [-0.2, 0) is 9.84 Å². The zero-order valence-corrected chi connectivity index (χ0v) is 18.1. The predicted octanol–water partition coefficient (Wildman–Crippen LogP) is 6.13. The van der Waals surface area contributed by atoms with Crippen molar-refractivity contribution < 1.29 is 13.5 Å². The van der Waals surface area contributed by atoms with Gasteiger partial charge in [-0.2, -0.15) is 0 Å². The average Bonchev–Trinajstić information content (AvgIpc) is 3.12. The Hall–Kier alpha value is -3.20. The Labute approximate surface area is 188 Å². The van der Waals surface area contributed by atoms with E-state index in [-0.39, 0.29) is 15.7 Å². The third-order valence-electron chi connectivity index (χ3n) is 4.28. The number of para-hydroxylation sites is 1. The maximum atomic E-state index is 13.1. The van der Waals surface area contributed by atoms with E-state index in [0.717, 1.165) is 0 Å². The molecule has 1 heterocycles. The van der Waals surface area contributed by atoms with Gasteiger partial charge in [-0.1, -0.05) is 59.6 Å². The van der Waals surface area contributed by atoms with Crippen molar-refractivity contribution in [1.29, 1.82) is 0 Å². The molecule has 0 spiro atoms. The van der Waals surface area contributed by atoms with Crippen LogP contribution >= 0.6 is 23.2 Å². The van der Waals surface area contributed by atoms with Crippen molar-refractivity contribution in [2.24, 2.45) is 10.2 Å². The summed E-state index contributed by atoms with van der Waals surface area (Å²) in [5, 5.41) is 23.2. The minimum absolute atomic E-state index is 0.00372. The number of azo groups is 1. The fourth-order valence-corrected chi connectivity index (χ4v) is 4.33. The minimum atomic E-state index is -4.10. The highest BCUT2D eigenvalue weighted by molar-refractivity contribution is 7.91. The SMILES string of the molecule is O=S(=O)(c1ccccc1)c1nn(-c2ccccc2)c(N=Nc2ccc(Cl)c(Cl)c2)c1O. The van der Waals surface area contributed by atoms with Crippen molar-refractivity contribution in [2.45, 2.75) is 9.92 Å². The molecule has 1 N–H and O–H groups in total. The number of hydrogen-bond donors (Lipinski definition) is 1. The van der Waals surface area contributed by atoms with Crippen LogP contribution in [0.15, 0.2) is 99.0 Å². The molecule has 0 amide bonds. The van der Waals surface area contributed by atoms with Crippen LogP contribution in [0.3, 0.4) is 0 Å². The highest BCUT2D eigenvalue weighted by Crippen LogP contribution is 2.39. The van der Waals surface area contributed by atoms with Gasteiger partial charge in [-0.3, -0.25) is 0 Å². The zero-order valence-electron chi connectivity index (χ0n) is 15.7. The first kappa shape index (κ1) is 21.0. The van der Waals surface area contributed by atoms with Gasteiger partial charge in [-0.05, 0) is 42.5 Å². The fourth-order valence-electron chi connectivity index (χ4n) is 2.77. The number of hydrogen-bond acceptors (Lipinski definition) is 6. The molecule has 1 aromatic heterocycles. The molecular weight excluding hydrogens is 459 g/mol. The van der Waals surface area contributed by atoms with E-state index < -0.39 is 20.6 Å². The number of aromatic nitrogens is 2. The molecular formula is C21H14Cl2N4O3S. The topological polar surface area (TPSA) is 96.9 Å². The number of halogens is 2. The van der Waals surface area contributed by atoms with Gasteiger partial charge in [0.05, 0.1) is 26.3 Å². The lowest BCUT2D eigenvalue weighted by Crippen LogP contribution is -2.04. The summed E-state index contributed by atoms with van der Waals surface area (Å²) in [6.45, 7) is 0. The van der Waals surface area contributed by atoms with Gasteiger partial charge >= 0.3 is 0 Å². The van der Waals surface area contributed by atoms with Crippen LogP contribution in [0.1, 0.15) is 0 Å². The van der Waals surface area contributed by atoms with E-state index in [1.807, 2.05) is 0 Å². The molecule has 0 aliphatic heterocycles. The number of benzene rings is 3. The van der Waals surface area contributed by atoms with E-state index in [4.69, 9.17) is 23.2 Å². The Balaban J connectivity index is 1.87. The van der Waals surface area contributed by atoms with Crippen molar-refractivity contribution in [3.05, 3.63) is 88.9 Å². The van der Waals surface area contributed by atoms with E-state index in [1.54, 1.807) is 60.7 Å². The van der Waals surface area contributed by atoms with Crippen LogP contribution in [0.5, 0.6) is 5.75 Å². The van der Waals surface area contributed by atoms with Gasteiger partial charge in [0.2, 0.25) is 26.4 Å². The summed E-state index contributed by atoms with van der Waals surface area (Å²) in [5.74, 6) is -0.761. The van der Waals surface area contributed by atoms with Gasteiger partial charge in [-0.15, -0.1) is 15.3 Å². The summed E-state index contributed by atoms with van der Waals surface area (Å²) in [6, 6.07) is 21.0. The van der Waals surface area contributed by atoms with Gasteiger partial charge < -0.3 is 5.11 Å². The first-order valence-electron chi connectivity index (χ1n) is 8.92. The van der Waals surface area contributed by atoms with Crippen LogP contribution in [0.25, 0.3) is 5.69 Å². The fraction of sp³-hybridized carbons (Fsp3) is 0. The van der Waals surface area contributed by atoms with Crippen molar-refractivity contribution >= 4 is 44.5 Å². The summed E-state index contributed by atoms with van der Waals surface area (Å²) in [5.41, 5.74) is 0.859. The van der Waals surface area contributed by atoms with E-state index in [2.05, 4.69) is 15.3 Å². The molecule has 10 heteroatoms. The van der Waals surface area contributed by atoms with Gasteiger partial charge in [0.25, 0.3) is 0 Å². The van der Waals surface area contributed by atoms with Gasteiger partial charge in [0.15, 0.2) is 0 Å². The molecule has 31 heavy (non-hydrogen) atoms. The number of nitrogens with zero attached hydrogens (tertiary/aromatic N) is 4. The monoisotopic (exact) mass is 472 g/mol. The number of rotatable bonds is 5. The van der Waals surface area contributed by atoms with E-state index >= 15 is 0 Å². The molecule has 0 aliphatic carbocycles. The third kappa shape index (κ3) is 4.18. The molecule has 0 saturated heterocycles. The van der Waals surface area contributed by atoms with Crippen molar-refractivity contribution in [2.75, 3.05) is 0 Å². The van der Waals surface area contributed by atoms with Crippen molar-refractivity contribution in [1.82, 2.24) is 9.78 Å². The molecule has 0 unspecified atom stereocenters. The predicted molar refractivity (Wildman–Crippen MR) is 118 cm³/mol. The Morgan fingerprint density at radius 3 is 2.13 bits per heavy atom. The first-order valence-corrected chi connectivity index (χ1v) is 11.2. The molecule has 3 aromatic carbocycles. The summed E-state index contributed by atoms with van der Waals surface area (Å²) in [6.07, 6.45) is 0. The Morgan fingerprint density at radius 2 is 1.48 bits per heavy atom. The van der Waals surface area contributed by atoms with Crippen LogP contribution in [0.4, 0.5) is 11.5 Å². The summed E-state index contributed by atoms with van der Waals surface area (Å²) < 4.78 is 27.3. The Bertz CT molecular complexity index is 1370. The number of aromatic hydroxyl groups is 1. The second-order valence-corrected chi connectivity index (χ2v) is 9.02. The lowest BCUT2D eigenvalue weighted by molar-refractivity contribution is 0.459. The van der Waals surface area contributed by atoms with Crippen molar-refractivity contribution in [3.8, 4) is 11.4 Å². The van der Waals surface area contributed by atoms with Gasteiger partial charge in [-0.25, -0.2) is 13.1 Å². The number of sulfone groups is 1. The highest BCUT2D eigenvalue weighted by atomic mass is 35.5. The minimum Gasteiger partial charge on any atom is -0.502 e. The molecule has 0 bridgehead atoms. The molecule has 7 nitrogen and oxygen atoms in total. The Kier molecular flexibility index (Phi) is 5.77. The average molecular weight is 473 g/mol. The van der Waals surface area contributed by atoms with Crippen LogP contribution < -0.4 is 0 Å². The quantitative estimate of drug-likeness (QED) is 0.353. The second kappa shape index (κ2) is 8.50. The summed E-state index contributed by atoms with van der Waals surface area (Å²) in [4.78, 5) is -0.00372. The van der Waals surface area contributed by atoms with Gasteiger partial charge in [0.1, 0.15) is 0 Å². The maximum Gasteiger partial charge on any atom is 0.229 e.